The molecule has 0 bridgehead atoms. The van der Waals surface area contributed by atoms with Gasteiger partial charge in [-0.2, -0.15) is 0 Å². The number of primary amides is 1. The van der Waals surface area contributed by atoms with Gasteiger partial charge in [0.1, 0.15) is 11.6 Å². The van der Waals surface area contributed by atoms with Crippen LogP contribution in [0.4, 0.5) is 5.82 Å². The van der Waals surface area contributed by atoms with Crippen LogP contribution in [-0.4, -0.2) is 31.1 Å². The fourth-order valence-corrected chi connectivity index (χ4v) is 1.32. The van der Waals surface area contributed by atoms with Crippen LogP contribution in [0.5, 0.6) is 5.75 Å². The number of nitrogens with two attached hydrogens (primary N) is 1. The van der Waals surface area contributed by atoms with Crippen LogP contribution in [0.15, 0.2) is 12.3 Å². The Morgan fingerprint density at radius 3 is 2.75 bits per heavy atom. The second-order valence-electron chi connectivity index (χ2n) is 4.11. The number of aromatic nitrogens is 1. The summed E-state index contributed by atoms with van der Waals surface area (Å²) in [4.78, 5) is 17.2. The topological polar surface area (TPSA) is 68.5 Å². The summed E-state index contributed by atoms with van der Waals surface area (Å²) in [5.74, 6) is 0.780. The molecule has 0 spiro atoms. The van der Waals surface area contributed by atoms with Gasteiger partial charge in [0.2, 0.25) is 0 Å². The predicted molar refractivity (Wildman–Crippen MR) is 60.7 cm³/mol. The van der Waals surface area contributed by atoms with Crippen molar-refractivity contribution in [2.45, 2.75) is 18.9 Å². The van der Waals surface area contributed by atoms with E-state index < -0.39 is 5.91 Å². The molecule has 2 rings (SSSR count). The lowest BCUT2D eigenvalue weighted by atomic mass is 10.2. The molecule has 0 radical (unpaired) electrons. The number of hydrogen-bond acceptors (Lipinski definition) is 4. The SMILES string of the molecule is CN(C)c1cc(OC2CC2)c(C(N)=O)cn1. The van der Waals surface area contributed by atoms with Gasteiger partial charge in [-0.15, -0.1) is 0 Å². The van der Waals surface area contributed by atoms with Crippen LogP contribution in [-0.2, 0) is 0 Å². The molecule has 1 fully saturated rings. The van der Waals surface area contributed by atoms with Crippen molar-refractivity contribution in [2.75, 3.05) is 19.0 Å². The Labute approximate surface area is 94.2 Å². The smallest absolute Gasteiger partial charge is 0.254 e. The van der Waals surface area contributed by atoms with Crippen molar-refractivity contribution in [1.29, 1.82) is 0 Å². The first-order valence-electron chi connectivity index (χ1n) is 5.21. The van der Waals surface area contributed by atoms with E-state index in [2.05, 4.69) is 4.98 Å². The second-order valence-corrected chi connectivity index (χ2v) is 4.11. The molecule has 0 aliphatic heterocycles. The molecule has 5 heteroatoms. The molecule has 16 heavy (non-hydrogen) atoms. The van der Waals surface area contributed by atoms with Crippen LogP contribution in [0.25, 0.3) is 0 Å². The number of pyridine rings is 1. The molecule has 1 aromatic heterocycles. The van der Waals surface area contributed by atoms with Gasteiger partial charge in [-0.25, -0.2) is 4.98 Å². The van der Waals surface area contributed by atoms with Crippen molar-refractivity contribution in [3.63, 3.8) is 0 Å². The number of carbonyl (C=O) groups excluding carboxylic acids is 1. The van der Waals surface area contributed by atoms with Crippen molar-refractivity contribution in [2.24, 2.45) is 5.73 Å². The molecule has 5 nitrogen and oxygen atoms in total. The van der Waals surface area contributed by atoms with Gasteiger partial charge >= 0.3 is 0 Å². The number of ether oxygens (including phenoxy) is 1. The Kier molecular flexibility index (Phi) is 2.68. The fourth-order valence-electron chi connectivity index (χ4n) is 1.32. The zero-order chi connectivity index (χ0) is 11.7. The summed E-state index contributed by atoms with van der Waals surface area (Å²) in [5, 5.41) is 0. The van der Waals surface area contributed by atoms with Gasteiger partial charge in [-0.3, -0.25) is 4.79 Å². The zero-order valence-electron chi connectivity index (χ0n) is 9.43. The maximum absolute atomic E-state index is 11.2. The molecular weight excluding hydrogens is 206 g/mol. The first-order valence-corrected chi connectivity index (χ1v) is 5.21. The van der Waals surface area contributed by atoms with E-state index in [-0.39, 0.29) is 6.10 Å². The summed E-state index contributed by atoms with van der Waals surface area (Å²) in [6.45, 7) is 0. The molecule has 0 aromatic carbocycles. The maximum Gasteiger partial charge on any atom is 0.254 e. The minimum atomic E-state index is -0.506. The molecule has 1 amide bonds. The normalized spacial score (nSPS) is 14.6. The standard InChI is InChI=1S/C11H15N3O2/c1-14(2)10-5-9(16-7-3-4-7)8(6-13-10)11(12)15/h5-7H,3-4H2,1-2H3,(H2,12,15). The third-order valence-electron chi connectivity index (χ3n) is 2.39. The highest BCUT2D eigenvalue weighted by atomic mass is 16.5. The number of rotatable bonds is 4. The Morgan fingerprint density at radius 2 is 2.25 bits per heavy atom. The lowest BCUT2D eigenvalue weighted by Crippen LogP contribution is -2.16. The first-order chi connectivity index (χ1) is 7.58. The average molecular weight is 221 g/mol. The van der Waals surface area contributed by atoms with Crippen LogP contribution < -0.4 is 15.4 Å². The Hall–Kier alpha value is -1.78. The molecule has 1 heterocycles. The lowest BCUT2D eigenvalue weighted by Gasteiger charge is -2.14. The summed E-state index contributed by atoms with van der Waals surface area (Å²) >= 11 is 0. The quantitative estimate of drug-likeness (QED) is 0.816. The van der Waals surface area contributed by atoms with E-state index in [0.717, 1.165) is 18.7 Å². The van der Waals surface area contributed by atoms with Crippen LogP contribution >= 0.6 is 0 Å². The van der Waals surface area contributed by atoms with Crippen molar-refractivity contribution >= 4 is 11.7 Å². The van der Waals surface area contributed by atoms with Gasteiger partial charge in [-0.1, -0.05) is 0 Å². The summed E-state index contributed by atoms with van der Waals surface area (Å²) in [5.41, 5.74) is 5.61. The molecular formula is C11H15N3O2. The van der Waals surface area contributed by atoms with Crippen LogP contribution in [0.3, 0.4) is 0 Å². The van der Waals surface area contributed by atoms with E-state index in [0.29, 0.717) is 11.3 Å². The largest absolute Gasteiger partial charge is 0.489 e. The summed E-state index contributed by atoms with van der Waals surface area (Å²) in [7, 11) is 3.76. The molecule has 0 atom stereocenters. The van der Waals surface area contributed by atoms with Gasteiger partial charge in [-0.05, 0) is 12.8 Å². The van der Waals surface area contributed by atoms with Gasteiger partial charge in [0.15, 0.2) is 0 Å². The fraction of sp³-hybridized carbons (Fsp3) is 0.455. The Bertz CT molecular complexity index is 414. The Morgan fingerprint density at radius 1 is 1.56 bits per heavy atom. The number of anilines is 1. The average Bonchev–Trinajstić information content (AvgIpc) is 3.01. The Balaban J connectivity index is 2.33. The number of hydrogen-bond donors (Lipinski definition) is 1. The van der Waals surface area contributed by atoms with E-state index in [9.17, 15) is 4.79 Å². The minimum absolute atomic E-state index is 0.232. The molecule has 1 saturated carbocycles. The third kappa shape index (κ3) is 2.24. The third-order valence-corrected chi connectivity index (χ3v) is 2.39. The first kappa shape index (κ1) is 10.7. The van der Waals surface area contributed by atoms with Crippen LogP contribution in [0.2, 0.25) is 0 Å². The highest BCUT2D eigenvalue weighted by Gasteiger charge is 2.25. The highest BCUT2D eigenvalue weighted by molar-refractivity contribution is 5.95. The zero-order valence-corrected chi connectivity index (χ0v) is 9.43. The van der Waals surface area contributed by atoms with Gasteiger partial charge in [0, 0.05) is 26.4 Å². The lowest BCUT2D eigenvalue weighted by molar-refractivity contribution is 0.0995. The highest BCUT2D eigenvalue weighted by Crippen LogP contribution is 2.30. The van der Waals surface area contributed by atoms with Gasteiger partial charge < -0.3 is 15.4 Å². The molecule has 2 N–H and O–H groups in total. The number of nitrogens with zero attached hydrogens (tertiary/aromatic N) is 2. The number of carbonyl (C=O) groups is 1. The summed E-state index contributed by atoms with van der Waals surface area (Å²) in [6, 6.07) is 1.75. The summed E-state index contributed by atoms with van der Waals surface area (Å²) in [6.07, 6.45) is 3.78. The van der Waals surface area contributed by atoms with E-state index in [1.54, 1.807) is 6.07 Å². The maximum atomic E-state index is 11.2. The predicted octanol–water partition coefficient (Wildman–Crippen LogP) is 0.788. The van der Waals surface area contributed by atoms with Crippen molar-refractivity contribution in [3.05, 3.63) is 17.8 Å². The molecule has 1 aromatic rings. The molecule has 0 saturated heterocycles. The van der Waals surface area contributed by atoms with Crippen LogP contribution in [0.1, 0.15) is 23.2 Å². The minimum Gasteiger partial charge on any atom is -0.489 e. The van der Waals surface area contributed by atoms with E-state index in [1.807, 2.05) is 19.0 Å². The molecule has 1 aliphatic rings. The molecule has 86 valence electrons. The van der Waals surface area contributed by atoms with Gasteiger partial charge in [0.25, 0.3) is 5.91 Å². The summed E-state index contributed by atoms with van der Waals surface area (Å²) < 4.78 is 5.64. The van der Waals surface area contributed by atoms with E-state index >= 15 is 0 Å². The van der Waals surface area contributed by atoms with Crippen molar-refractivity contribution < 1.29 is 9.53 Å². The van der Waals surface area contributed by atoms with Crippen LogP contribution in [0, 0.1) is 0 Å². The second kappa shape index (κ2) is 4.00. The molecule has 0 unspecified atom stereocenters. The number of amides is 1. The van der Waals surface area contributed by atoms with E-state index in [1.165, 1.54) is 6.20 Å². The van der Waals surface area contributed by atoms with Crippen molar-refractivity contribution in [3.8, 4) is 5.75 Å². The molecule has 1 aliphatic carbocycles. The van der Waals surface area contributed by atoms with Gasteiger partial charge in [0.05, 0.1) is 11.7 Å². The van der Waals surface area contributed by atoms with Crippen molar-refractivity contribution in [1.82, 2.24) is 4.98 Å². The monoisotopic (exact) mass is 221 g/mol. The van der Waals surface area contributed by atoms with E-state index in [4.69, 9.17) is 10.5 Å².